The third kappa shape index (κ3) is 5.13. The summed E-state index contributed by atoms with van der Waals surface area (Å²) in [5.74, 6) is 0.126. The number of hydrogen-bond acceptors (Lipinski definition) is 6. The van der Waals surface area contributed by atoms with Gasteiger partial charge in [0.05, 0.1) is 6.42 Å². The molecule has 0 aromatic heterocycles. The molecule has 0 bridgehead atoms. The van der Waals surface area contributed by atoms with Crippen molar-refractivity contribution in [1.29, 1.82) is 0 Å². The summed E-state index contributed by atoms with van der Waals surface area (Å²) < 4.78 is 28.2. The lowest BCUT2D eigenvalue weighted by molar-refractivity contribution is -0.134. The Bertz CT molecular complexity index is 602. The summed E-state index contributed by atoms with van der Waals surface area (Å²) >= 11 is 3.94. The minimum Gasteiger partial charge on any atom is -0.386 e. The first-order valence-corrected chi connectivity index (χ1v) is 8.63. The molecule has 0 spiro atoms. The van der Waals surface area contributed by atoms with E-state index in [4.69, 9.17) is 13.6 Å². The highest BCUT2D eigenvalue weighted by Crippen LogP contribution is 2.49. The van der Waals surface area contributed by atoms with Crippen LogP contribution in [-0.4, -0.2) is 11.7 Å². The van der Waals surface area contributed by atoms with E-state index in [-0.39, 0.29) is 23.7 Å². The van der Waals surface area contributed by atoms with E-state index < -0.39 is 13.8 Å². The molecule has 0 atom stereocenters. The Morgan fingerprint density at radius 2 is 1.36 bits per heavy atom. The molecule has 0 N–H and O–H groups in total. The number of carbonyl (C=O) groups excluding carboxylic acids is 1. The second-order valence-corrected chi connectivity index (χ2v) is 6.08. The second-order valence-electron chi connectivity index (χ2n) is 4.19. The minimum atomic E-state index is -4.13. The van der Waals surface area contributed by atoms with Gasteiger partial charge in [0, 0.05) is 5.75 Å². The molecule has 0 fully saturated rings. The van der Waals surface area contributed by atoms with Gasteiger partial charge >= 0.3 is 13.8 Å². The average Bonchev–Trinajstić information content (AvgIpc) is 2.49. The zero-order valence-electron chi connectivity index (χ0n) is 11.6. The maximum absolute atomic E-state index is 12.7. The number of para-hydroxylation sites is 2. The fraction of sp³-hybridized carbons (Fsp3) is 0.133. The highest BCUT2D eigenvalue weighted by atomic mass is 32.1. The molecule has 0 saturated heterocycles. The van der Waals surface area contributed by atoms with Crippen LogP contribution in [0.3, 0.4) is 0 Å². The van der Waals surface area contributed by atoms with Gasteiger partial charge in [-0.3, -0.25) is 4.79 Å². The standard InChI is InChI=1S/C15H15O5PS/c16-15(11-12-22)20-21(17,18-13-7-3-1-4-8-13)19-14-9-5-2-6-10-14/h1-10,22H,11-12H2. The van der Waals surface area contributed by atoms with Gasteiger partial charge in [-0.2, -0.15) is 17.2 Å². The van der Waals surface area contributed by atoms with Crippen molar-refractivity contribution in [2.45, 2.75) is 6.42 Å². The first-order chi connectivity index (χ1) is 10.6. The number of thiol groups is 1. The van der Waals surface area contributed by atoms with Crippen molar-refractivity contribution in [2.75, 3.05) is 5.75 Å². The number of carbonyl (C=O) groups is 1. The van der Waals surface area contributed by atoms with Gasteiger partial charge in [-0.1, -0.05) is 36.4 Å². The predicted molar refractivity (Wildman–Crippen MR) is 86.3 cm³/mol. The van der Waals surface area contributed by atoms with Crippen LogP contribution in [0.5, 0.6) is 11.5 Å². The molecular weight excluding hydrogens is 323 g/mol. The van der Waals surface area contributed by atoms with E-state index in [0.29, 0.717) is 0 Å². The molecule has 0 saturated carbocycles. The molecule has 5 nitrogen and oxygen atoms in total. The van der Waals surface area contributed by atoms with Crippen molar-refractivity contribution in [1.82, 2.24) is 0 Å². The van der Waals surface area contributed by atoms with Crippen LogP contribution in [0, 0.1) is 0 Å². The molecular formula is C15H15O5PS. The molecule has 116 valence electrons. The van der Waals surface area contributed by atoms with Crippen molar-refractivity contribution >= 4 is 26.4 Å². The lowest BCUT2D eigenvalue weighted by atomic mass is 10.3. The van der Waals surface area contributed by atoms with Gasteiger partial charge in [0.15, 0.2) is 0 Å². The maximum Gasteiger partial charge on any atom is 0.649 e. The molecule has 0 aliphatic heterocycles. The van der Waals surface area contributed by atoms with E-state index in [1.165, 1.54) is 0 Å². The van der Waals surface area contributed by atoms with Crippen molar-refractivity contribution < 1.29 is 22.9 Å². The Morgan fingerprint density at radius 1 is 0.909 bits per heavy atom. The van der Waals surface area contributed by atoms with E-state index >= 15 is 0 Å². The van der Waals surface area contributed by atoms with E-state index in [1.54, 1.807) is 60.7 Å². The van der Waals surface area contributed by atoms with Crippen LogP contribution < -0.4 is 9.05 Å². The summed E-state index contributed by atoms with van der Waals surface area (Å²) in [6, 6.07) is 16.7. The summed E-state index contributed by atoms with van der Waals surface area (Å²) in [6.07, 6.45) is 0.00337. The number of benzene rings is 2. The summed E-state index contributed by atoms with van der Waals surface area (Å²) in [5, 5.41) is 0. The van der Waals surface area contributed by atoms with Gasteiger partial charge in [-0.25, -0.2) is 0 Å². The zero-order chi connectivity index (χ0) is 15.8. The van der Waals surface area contributed by atoms with Crippen LogP contribution >= 0.6 is 20.5 Å². The second kappa shape index (κ2) is 7.92. The monoisotopic (exact) mass is 338 g/mol. The maximum atomic E-state index is 12.7. The molecule has 0 aliphatic rings. The number of rotatable bonds is 7. The first-order valence-electron chi connectivity index (χ1n) is 6.54. The largest absolute Gasteiger partial charge is 0.649 e. The SMILES string of the molecule is O=C(CCS)OP(=O)(Oc1ccccc1)Oc1ccccc1. The van der Waals surface area contributed by atoms with Gasteiger partial charge in [0.25, 0.3) is 0 Å². The van der Waals surface area contributed by atoms with Crippen LogP contribution in [0.2, 0.25) is 0 Å². The van der Waals surface area contributed by atoms with Crippen LogP contribution in [0.4, 0.5) is 0 Å². The quantitative estimate of drug-likeness (QED) is 0.608. The Kier molecular flexibility index (Phi) is 5.92. The molecule has 0 amide bonds. The van der Waals surface area contributed by atoms with Crippen molar-refractivity contribution in [3.63, 3.8) is 0 Å². The van der Waals surface area contributed by atoms with Crippen LogP contribution in [0.25, 0.3) is 0 Å². The number of phosphoric ester groups is 1. The van der Waals surface area contributed by atoms with Gasteiger partial charge in [0.1, 0.15) is 11.5 Å². The van der Waals surface area contributed by atoms with E-state index in [1.807, 2.05) is 0 Å². The fourth-order valence-electron chi connectivity index (χ4n) is 1.54. The Labute approximate surface area is 134 Å². The normalized spacial score (nSPS) is 10.8. The van der Waals surface area contributed by atoms with Gasteiger partial charge in [-0.05, 0) is 24.3 Å². The molecule has 0 aliphatic carbocycles. The lowest BCUT2D eigenvalue weighted by Crippen LogP contribution is -2.11. The summed E-state index contributed by atoms with van der Waals surface area (Å²) in [6.45, 7) is 0. The van der Waals surface area contributed by atoms with Gasteiger partial charge < -0.3 is 13.6 Å². The third-order valence-corrected chi connectivity index (χ3v) is 3.97. The Balaban J connectivity index is 2.19. The Hall–Kier alpha value is -1.91. The lowest BCUT2D eigenvalue weighted by Gasteiger charge is -2.18. The van der Waals surface area contributed by atoms with Crippen molar-refractivity contribution in [2.24, 2.45) is 0 Å². The Morgan fingerprint density at radius 3 is 1.77 bits per heavy atom. The highest BCUT2D eigenvalue weighted by molar-refractivity contribution is 7.80. The van der Waals surface area contributed by atoms with E-state index in [0.717, 1.165) is 0 Å². The highest BCUT2D eigenvalue weighted by Gasteiger charge is 2.35. The average molecular weight is 338 g/mol. The van der Waals surface area contributed by atoms with Gasteiger partial charge in [0.2, 0.25) is 0 Å². The van der Waals surface area contributed by atoms with Crippen molar-refractivity contribution in [3.05, 3.63) is 60.7 Å². The smallest absolute Gasteiger partial charge is 0.386 e. The molecule has 7 heteroatoms. The predicted octanol–water partition coefficient (Wildman–Crippen LogP) is 4.12. The summed E-state index contributed by atoms with van der Waals surface area (Å²) in [7, 11) is -4.13. The summed E-state index contributed by atoms with van der Waals surface area (Å²) in [4.78, 5) is 11.6. The summed E-state index contributed by atoms with van der Waals surface area (Å²) in [5.41, 5.74) is 0. The fourth-order valence-corrected chi connectivity index (χ4v) is 2.93. The molecule has 0 heterocycles. The van der Waals surface area contributed by atoms with Crippen LogP contribution in [0.1, 0.15) is 6.42 Å². The third-order valence-electron chi connectivity index (χ3n) is 2.45. The first kappa shape index (κ1) is 16.5. The zero-order valence-corrected chi connectivity index (χ0v) is 13.4. The topological polar surface area (TPSA) is 61.8 Å². The molecule has 22 heavy (non-hydrogen) atoms. The molecule has 0 unspecified atom stereocenters. The van der Waals surface area contributed by atoms with Crippen LogP contribution in [0.15, 0.2) is 60.7 Å². The van der Waals surface area contributed by atoms with E-state index in [2.05, 4.69) is 12.6 Å². The van der Waals surface area contributed by atoms with E-state index in [9.17, 15) is 9.36 Å². The molecule has 0 radical (unpaired) electrons. The molecule has 2 aromatic rings. The van der Waals surface area contributed by atoms with Crippen LogP contribution in [-0.2, 0) is 13.9 Å². The minimum absolute atomic E-state index is 0.00337. The number of phosphoric acid groups is 1. The van der Waals surface area contributed by atoms with Crippen molar-refractivity contribution in [3.8, 4) is 11.5 Å². The molecule has 2 rings (SSSR count). The van der Waals surface area contributed by atoms with Gasteiger partial charge in [-0.15, -0.1) is 0 Å². The molecule has 2 aromatic carbocycles. The number of hydrogen-bond donors (Lipinski definition) is 1.